The van der Waals surface area contributed by atoms with Gasteiger partial charge >= 0.3 is 5.97 Å². The van der Waals surface area contributed by atoms with Crippen LogP contribution in [0.4, 0.5) is 10.1 Å². The first-order chi connectivity index (χ1) is 18.9. The SMILES string of the molecule is CC(C)(C)C.NCC(=O)OC1CC(NC=O)C1.O=CNc1cc(Cl)ccc1C1CNCC1c1cccc(Cl)c1F. The molecule has 11 heteroatoms. The van der Waals surface area contributed by atoms with E-state index in [4.69, 9.17) is 33.7 Å². The highest BCUT2D eigenvalue weighted by Crippen LogP contribution is 2.41. The third kappa shape index (κ3) is 10.7. The van der Waals surface area contributed by atoms with Crippen molar-refractivity contribution in [3.05, 3.63) is 63.4 Å². The van der Waals surface area contributed by atoms with Gasteiger partial charge in [0, 0.05) is 54.5 Å². The monoisotopic (exact) mass is 596 g/mol. The summed E-state index contributed by atoms with van der Waals surface area (Å²) in [4.78, 5) is 31.5. The lowest BCUT2D eigenvalue weighted by atomic mass is 9.83. The summed E-state index contributed by atoms with van der Waals surface area (Å²) >= 11 is 11.9. The van der Waals surface area contributed by atoms with Gasteiger partial charge < -0.3 is 26.4 Å². The van der Waals surface area contributed by atoms with Gasteiger partial charge in [0.2, 0.25) is 12.8 Å². The molecular weight excluding hydrogens is 558 g/mol. The van der Waals surface area contributed by atoms with E-state index in [1.165, 1.54) is 0 Å². The summed E-state index contributed by atoms with van der Waals surface area (Å²) in [6.07, 6.45) is 2.62. The Kier molecular flexibility index (Phi) is 13.3. The van der Waals surface area contributed by atoms with Gasteiger partial charge in [-0.25, -0.2) is 4.39 Å². The smallest absolute Gasteiger partial charge is 0.319 e. The number of carbonyl (C=O) groups excluding carboxylic acids is 3. The molecular formula is C29H39Cl2FN4O4. The maximum atomic E-state index is 14.4. The number of carbonyl (C=O) groups is 3. The number of esters is 1. The van der Waals surface area contributed by atoms with Crippen LogP contribution in [0.3, 0.4) is 0 Å². The first-order valence-electron chi connectivity index (χ1n) is 13.1. The third-order valence-corrected chi connectivity index (χ3v) is 6.61. The van der Waals surface area contributed by atoms with Gasteiger partial charge in [-0.2, -0.15) is 0 Å². The first kappa shape index (κ1) is 33.5. The molecule has 1 saturated carbocycles. The summed E-state index contributed by atoms with van der Waals surface area (Å²) in [6, 6.07) is 10.6. The molecule has 2 aromatic rings. The van der Waals surface area contributed by atoms with Crippen molar-refractivity contribution in [2.24, 2.45) is 11.1 Å². The molecule has 2 amide bonds. The molecule has 40 heavy (non-hydrogen) atoms. The fourth-order valence-corrected chi connectivity index (χ4v) is 4.66. The summed E-state index contributed by atoms with van der Waals surface area (Å²) in [5, 5.41) is 9.23. The van der Waals surface area contributed by atoms with E-state index >= 15 is 0 Å². The Labute approximate surface area is 245 Å². The van der Waals surface area contributed by atoms with Crippen molar-refractivity contribution >= 4 is 47.7 Å². The summed E-state index contributed by atoms with van der Waals surface area (Å²) in [6.45, 7) is 10.00. The lowest BCUT2D eigenvalue weighted by molar-refractivity contribution is -0.152. The van der Waals surface area contributed by atoms with E-state index in [-0.39, 0.29) is 47.3 Å². The molecule has 1 aliphatic carbocycles. The molecule has 4 rings (SSSR count). The van der Waals surface area contributed by atoms with E-state index in [2.05, 4.69) is 43.6 Å². The van der Waals surface area contributed by atoms with Gasteiger partial charge in [0.25, 0.3) is 0 Å². The zero-order valence-corrected chi connectivity index (χ0v) is 24.8. The molecule has 2 fully saturated rings. The molecule has 0 spiro atoms. The maximum absolute atomic E-state index is 14.4. The van der Waals surface area contributed by atoms with Crippen LogP contribution in [0.25, 0.3) is 0 Å². The van der Waals surface area contributed by atoms with Crippen LogP contribution < -0.4 is 21.7 Å². The summed E-state index contributed by atoms with van der Waals surface area (Å²) < 4.78 is 19.3. The molecule has 1 heterocycles. The first-order valence-corrected chi connectivity index (χ1v) is 13.9. The zero-order valence-electron chi connectivity index (χ0n) is 23.3. The van der Waals surface area contributed by atoms with Gasteiger partial charge in [-0.1, -0.05) is 69.1 Å². The Balaban J connectivity index is 0.000000275. The van der Waals surface area contributed by atoms with Gasteiger partial charge in [-0.05, 0) is 34.7 Å². The Bertz CT molecular complexity index is 1130. The standard InChI is InChI=1S/C17H15Cl2FN2O.C7H12N2O3.C5H12/c18-10-4-5-11(16(6-10)22-9-23)13-7-21-8-14(13)12-2-1-3-15(19)17(12)20;8-3-7(11)12-6-1-5(2-6)9-4-10;1-5(2,3)4/h1-6,9,13-14,21H,7-8H2,(H,22,23);4-6H,1-3,8H2,(H,9,10);1-4H3. The van der Waals surface area contributed by atoms with Crippen LogP contribution in [0.5, 0.6) is 0 Å². The van der Waals surface area contributed by atoms with Gasteiger partial charge in [-0.15, -0.1) is 0 Å². The molecule has 0 radical (unpaired) electrons. The maximum Gasteiger partial charge on any atom is 0.319 e. The molecule has 0 aromatic heterocycles. The third-order valence-electron chi connectivity index (χ3n) is 6.09. The van der Waals surface area contributed by atoms with Crippen molar-refractivity contribution in [2.75, 3.05) is 25.0 Å². The van der Waals surface area contributed by atoms with E-state index in [9.17, 15) is 18.8 Å². The van der Waals surface area contributed by atoms with Crippen LogP contribution in [0.15, 0.2) is 36.4 Å². The minimum atomic E-state index is -0.385. The van der Waals surface area contributed by atoms with Crippen molar-refractivity contribution in [3.8, 4) is 0 Å². The van der Waals surface area contributed by atoms with Crippen molar-refractivity contribution < 1.29 is 23.5 Å². The van der Waals surface area contributed by atoms with Crippen molar-refractivity contribution in [2.45, 2.75) is 64.5 Å². The lowest BCUT2D eigenvalue weighted by Gasteiger charge is -2.33. The van der Waals surface area contributed by atoms with E-state index in [0.29, 0.717) is 60.4 Å². The molecule has 8 nitrogen and oxygen atoms in total. The fourth-order valence-electron chi connectivity index (χ4n) is 4.31. The molecule has 2 unspecified atom stereocenters. The normalized spacial score (nSPS) is 21.4. The van der Waals surface area contributed by atoms with Gasteiger partial charge in [0.15, 0.2) is 0 Å². The molecule has 5 N–H and O–H groups in total. The summed E-state index contributed by atoms with van der Waals surface area (Å²) in [7, 11) is 0. The van der Waals surface area contributed by atoms with Gasteiger partial charge in [0.1, 0.15) is 11.9 Å². The van der Waals surface area contributed by atoms with Crippen LogP contribution >= 0.6 is 23.2 Å². The van der Waals surface area contributed by atoms with Crippen LogP contribution in [0.2, 0.25) is 10.0 Å². The molecule has 0 bridgehead atoms. The quantitative estimate of drug-likeness (QED) is 0.251. The van der Waals surface area contributed by atoms with Crippen molar-refractivity contribution in [1.82, 2.24) is 10.6 Å². The number of nitrogens with one attached hydrogen (secondary N) is 3. The second-order valence-corrected chi connectivity index (χ2v) is 12.1. The van der Waals surface area contributed by atoms with Crippen molar-refractivity contribution in [3.63, 3.8) is 0 Å². The van der Waals surface area contributed by atoms with Crippen LogP contribution in [0, 0.1) is 11.2 Å². The largest absolute Gasteiger partial charge is 0.461 e. The minimum Gasteiger partial charge on any atom is -0.461 e. The summed E-state index contributed by atoms with van der Waals surface area (Å²) in [5.41, 5.74) is 7.70. The topological polar surface area (TPSA) is 123 Å². The molecule has 220 valence electrons. The molecule has 1 saturated heterocycles. The number of hydrogen-bond acceptors (Lipinski definition) is 6. The number of ether oxygens (including phenoxy) is 1. The van der Waals surface area contributed by atoms with E-state index in [0.717, 1.165) is 5.56 Å². The fraction of sp³-hybridized carbons (Fsp3) is 0.483. The molecule has 1 aliphatic heterocycles. The van der Waals surface area contributed by atoms with Crippen molar-refractivity contribution in [1.29, 1.82) is 0 Å². The van der Waals surface area contributed by atoms with E-state index in [1.807, 2.05) is 6.07 Å². The molecule has 2 aliphatic rings. The van der Waals surface area contributed by atoms with E-state index < -0.39 is 0 Å². The van der Waals surface area contributed by atoms with E-state index in [1.54, 1.807) is 30.3 Å². The average Bonchev–Trinajstić information content (AvgIpc) is 3.33. The van der Waals surface area contributed by atoms with Crippen LogP contribution in [-0.4, -0.2) is 50.6 Å². The Morgan fingerprint density at radius 2 is 1.70 bits per heavy atom. The predicted molar refractivity (Wildman–Crippen MR) is 157 cm³/mol. The second kappa shape index (κ2) is 15.9. The Morgan fingerprint density at radius 1 is 1.07 bits per heavy atom. The molecule has 2 atom stereocenters. The minimum absolute atomic E-state index is 0.0164. The van der Waals surface area contributed by atoms with Crippen LogP contribution in [-0.2, 0) is 19.1 Å². The Morgan fingerprint density at radius 3 is 2.27 bits per heavy atom. The number of halogens is 3. The highest BCUT2D eigenvalue weighted by atomic mass is 35.5. The van der Waals surface area contributed by atoms with Gasteiger partial charge in [0.05, 0.1) is 11.6 Å². The number of hydrogen-bond donors (Lipinski definition) is 4. The number of nitrogens with two attached hydrogens (primary N) is 1. The zero-order chi connectivity index (χ0) is 29.9. The summed E-state index contributed by atoms with van der Waals surface area (Å²) in [5.74, 6) is -0.818. The Hall–Kier alpha value is -2.72. The highest BCUT2D eigenvalue weighted by Gasteiger charge is 2.33. The lowest BCUT2D eigenvalue weighted by Crippen LogP contribution is -2.46. The van der Waals surface area contributed by atoms with Crippen LogP contribution in [0.1, 0.15) is 63.5 Å². The second-order valence-electron chi connectivity index (χ2n) is 11.3. The number of rotatable bonds is 8. The van der Waals surface area contributed by atoms with Gasteiger partial charge in [-0.3, -0.25) is 14.4 Å². The number of amides is 2. The number of anilines is 1. The molecule has 2 aromatic carbocycles. The average molecular weight is 598 g/mol. The number of benzene rings is 2. The highest BCUT2D eigenvalue weighted by molar-refractivity contribution is 6.31. The predicted octanol–water partition coefficient (Wildman–Crippen LogP) is 4.99.